The van der Waals surface area contributed by atoms with Crippen LogP contribution in [0, 0.1) is 0 Å². The van der Waals surface area contributed by atoms with Crippen LogP contribution in [0.5, 0.6) is 5.75 Å². The highest BCUT2D eigenvalue weighted by molar-refractivity contribution is 6.35. The largest absolute Gasteiger partial charge is 0.497 e. The predicted molar refractivity (Wildman–Crippen MR) is 98.0 cm³/mol. The van der Waals surface area contributed by atoms with Crippen molar-refractivity contribution in [2.45, 2.75) is 18.9 Å². The van der Waals surface area contributed by atoms with Gasteiger partial charge in [0.25, 0.3) is 11.8 Å². The topological polar surface area (TPSA) is 68.3 Å². The molecular formula is C20H24N2O5. The van der Waals surface area contributed by atoms with E-state index in [1.807, 2.05) is 17.0 Å². The van der Waals surface area contributed by atoms with Gasteiger partial charge in [-0.15, -0.1) is 0 Å². The molecule has 1 aromatic rings. The zero-order valence-electron chi connectivity index (χ0n) is 15.5. The highest BCUT2D eigenvalue weighted by atomic mass is 16.5. The van der Waals surface area contributed by atoms with Crippen molar-refractivity contribution in [2.75, 3.05) is 46.6 Å². The summed E-state index contributed by atoms with van der Waals surface area (Å²) in [4.78, 5) is 29.7. The summed E-state index contributed by atoms with van der Waals surface area (Å²) in [5.74, 6) is 0.227. The minimum absolute atomic E-state index is 0.0703. The molecule has 144 valence electrons. The smallest absolute Gasteiger partial charge is 0.277 e. The van der Waals surface area contributed by atoms with Gasteiger partial charge < -0.3 is 19.1 Å². The van der Waals surface area contributed by atoms with E-state index in [4.69, 9.17) is 14.2 Å². The Morgan fingerprint density at radius 2 is 1.81 bits per heavy atom. The maximum absolute atomic E-state index is 13.2. The summed E-state index contributed by atoms with van der Waals surface area (Å²) in [7, 11) is 1.60. The van der Waals surface area contributed by atoms with Crippen LogP contribution in [0.15, 0.2) is 30.0 Å². The second-order valence-corrected chi connectivity index (χ2v) is 6.91. The first-order valence-electron chi connectivity index (χ1n) is 9.38. The van der Waals surface area contributed by atoms with Gasteiger partial charge in [-0.05, 0) is 30.5 Å². The third-order valence-corrected chi connectivity index (χ3v) is 5.26. The van der Waals surface area contributed by atoms with Crippen LogP contribution in [-0.4, -0.2) is 74.3 Å². The molecule has 0 radical (unpaired) electrons. The maximum atomic E-state index is 13.2. The first-order valence-corrected chi connectivity index (χ1v) is 9.38. The molecule has 2 amide bonds. The minimum atomic E-state index is -0.248. The number of rotatable bonds is 5. The first-order chi connectivity index (χ1) is 13.2. The van der Waals surface area contributed by atoms with Crippen molar-refractivity contribution in [3.63, 3.8) is 0 Å². The second-order valence-electron chi connectivity index (χ2n) is 6.91. The number of benzene rings is 1. The van der Waals surface area contributed by atoms with Gasteiger partial charge in [0.15, 0.2) is 0 Å². The summed E-state index contributed by atoms with van der Waals surface area (Å²) in [6, 6.07) is 7.27. The summed E-state index contributed by atoms with van der Waals surface area (Å²) in [6.07, 6.45) is 1.77. The lowest BCUT2D eigenvalue weighted by molar-refractivity contribution is -0.139. The Labute approximate surface area is 158 Å². The normalized spacial score (nSPS) is 23.5. The highest BCUT2D eigenvalue weighted by Crippen LogP contribution is 2.33. The van der Waals surface area contributed by atoms with E-state index in [-0.39, 0.29) is 17.9 Å². The Hall–Kier alpha value is -2.38. The van der Waals surface area contributed by atoms with E-state index in [1.54, 1.807) is 19.2 Å². The van der Waals surface area contributed by atoms with Crippen LogP contribution in [-0.2, 0) is 19.1 Å². The van der Waals surface area contributed by atoms with Crippen molar-refractivity contribution in [2.24, 2.45) is 0 Å². The van der Waals surface area contributed by atoms with Gasteiger partial charge >= 0.3 is 0 Å². The van der Waals surface area contributed by atoms with Crippen LogP contribution >= 0.6 is 0 Å². The van der Waals surface area contributed by atoms with Gasteiger partial charge in [0.05, 0.1) is 38.5 Å². The average Bonchev–Trinajstić information content (AvgIpc) is 3.31. The number of ether oxygens (including phenoxy) is 3. The standard InChI is InChI=1S/C20H24N2O5/c1-25-15-6-4-14(5-7-15)17-18(21-8-11-26-12-9-21)20(24)22(19(17)23)13-16-3-2-10-27-16/h4-7,16H,2-3,8-13H2,1H3. The number of methoxy groups -OCH3 is 1. The van der Waals surface area contributed by atoms with Gasteiger partial charge in [-0.2, -0.15) is 0 Å². The maximum Gasteiger partial charge on any atom is 0.277 e. The summed E-state index contributed by atoms with van der Waals surface area (Å²) < 4.78 is 16.3. The monoisotopic (exact) mass is 372 g/mol. The zero-order chi connectivity index (χ0) is 18.8. The lowest BCUT2D eigenvalue weighted by Gasteiger charge is -2.30. The Kier molecular flexibility index (Phi) is 5.13. The van der Waals surface area contributed by atoms with E-state index in [2.05, 4.69) is 0 Å². The Balaban J connectivity index is 1.69. The van der Waals surface area contributed by atoms with E-state index in [0.29, 0.717) is 56.5 Å². The highest BCUT2D eigenvalue weighted by Gasteiger charge is 2.43. The lowest BCUT2D eigenvalue weighted by Crippen LogP contribution is -2.42. The van der Waals surface area contributed by atoms with Crippen molar-refractivity contribution < 1.29 is 23.8 Å². The number of amides is 2. The van der Waals surface area contributed by atoms with Crippen molar-refractivity contribution in [3.8, 4) is 5.75 Å². The van der Waals surface area contributed by atoms with Crippen molar-refractivity contribution in [1.82, 2.24) is 9.80 Å². The molecule has 2 fully saturated rings. The van der Waals surface area contributed by atoms with E-state index in [9.17, 15) is 9.59 Å². The molecule has 0 saturated carbocycles. The van der Waals surface area contributed by atoms with Crippen molar-refractivity contribution >= 4 is 17.4 Å². The molecule has 27 heavy (non-hydrogen) atoms. The summed E-state index contributed by atoms with van der Waals surface area (Å²) in [5.41, 5.74) is 1.67. The van der Waals surface area contributed by atoms with Crippen molar-refractivity contribution in [1.29, 1.82) is 0 Å². The van der Waals surface area contributed by atoms with E-state index >= 15 is 0 Å². The van der Waals surface area contributed by atoms with Gasteiger partial charge in [-0.25, -0.2) is 0 Å². The number of hydrogen-bond acceptors (Lipinski definition) is 6. The molecule has 1 aromatic carbocycles. The Bertz CT molecular complexity index is 746. The fourth-order valence-corrected chi connectivity index (χ4v) is 3.82. The summed E-state index contributed by atoms with van der Waals surface area (Å²) in [5, 5.41) is 0. The van der Waals surface area contributed by atoms with E-state index in [1.165, 1.54) is 4.90 Å². The van der Waals surface area contributed by atoms with Crippen LogP contribution < -0.4 is 4.74 Å². The molecule has 4 rings (SSSR count). The van der Waals surface area contributed by atoms with Gasteiger partial charge in [0.2, 0.25) is 0 Å². The van der Waals surface area contributed by atoms with Crippen LogP contribution in [0.4, 0.5) is 0 Å². The summed E-state index contributed by atoms with van der Waals surface area (Å²) >= 11 is 0. The molecule has 0 N–H and O–H groups in total. The molecule has 1 atom stereocenters. The molecule has 7 nitrogen and oxygen atoms in total. The molecule has 1 unspecified atom stereocenters. The first kappa shape index (κ1) is 18.0. The molecule has 2 saturated heterocycles. The Morgan fingerprint density at radius 1 is 1.07 bits per heavy atom. The van der Waals surface area contributed by atoms with Gasteiger partial charge in [0.1, 0.15) is 11.4 Å². The van der Waals surface area contributed by atoms with Gasteiger partial charge in [-0.1, -0.05) is 12.1 Å². The molecule has 0 bridgehead atoms. The summed E-state index contributed by atoms with van der Waals surface area (Å²) in [6.45, 7) is 3.30. The van der Waals surface area contributed by atoms with Crippen LogP contribution in [0.1, 0.15) is 18.4 Å². The fraction of sp³-hybridized carbons (Fsp3) is 0.500. The quantitative estimate of drug-likeness (QED) is 0.726. The number of hydrogen-bond donors (Lipinski definition) is 0. The SMILES string of the molecule is COc1ccc(C2=C(N3CCOCC3)C(=O)N(CC3CCCO3)C2=O)cc1. The molecule has 3 aliphatic rings. The van der Waals surface area contributed by atoms with Gasteiger partial charge in [-0.3, -0.25) is 14.5 Å². The molecule has 0 aromatic heterocycles. The third kappa shape index (κ3) is 3.44. The van der Waals surface area contributed by atoms with E-state index < -0.39 is 0 Å². The number of morpholine rings is 1. The van der Waals surface area contributed by atoms with E-state index in [0.717, 1.165) is 18.4 Å². The molecule has 3 heterocycles. The number of imide groups is 1. The molecule has 7 heteroatoms. The third-order valence-electron chi connectivity index (χ3n) is 5.26. The number of carbonyl (C=O) groups excluding carboxylic acids is 2. The average molecular weight is 372 g/mol. The number of nitrogens with zero attached hydrogens (tertiary/aromatic N) is 2. The van der Waals surface area contributed by atoms with Crippen LogP contribution in [0.2, 0.25) is 0 Å². The molecular weight excluding hydrogens is 348 g/mol. The number of carbonyl (C=O) groups is 2. The lowest BCUT2D eigenvalue weighted by atomic mass is 10.0. The minimum Gasteiger partial charge on any atom is -0.497 e. The molecule has 0 aliphatic carbocycles. The molecule has 0 spiro atoms. The zero-order valence-corrected chi connectivity index (χ0v) is 15.5. The predicted octanol–water partition coefficient (Wildman–Crippen LogP) is 1.29. The second kappa shape index (κ2) is 7.70. The van der Waals surface area contributed by atoms with Crippen LogP contribution in [0.3, 0.4) is 0 Å². The fourth-order valence-electron chi connectivity index (χ4n) is 3.82. The van der Waals surface area contributed by atoms with Crippen molar-refractivity contribution in [3.05, 3.63) is 35.5 Å². The molecule has 3 aliphatic heterocycles. The van der Waals surface area contributed by atoms with Crippen LogP contribution in [0.25, 0.3) is 5.57 Å². The van der Waals surface area contributed by atoms with Gasteiger partial charge in [0, 0.05) is 19.7 Å². The Morgan fingerprint density at radius 3 is 2.44 bits per heavy atom.